The zero-order valence-electron chi connectivity index (χ0n) is 13.2. The van der Waals surface area contributed by atoms with Crippen LogP contribution in [0.4, 0.5) is 5.69 Å². The van der Waals surface area contributed by atoms with Crippen LogP contribution in [0.2, 0.25) is 0 Å². The van der Waals surface area contributed by atoms with Crippen molar-refractivity contribution in [3.63, 3.8) is 0 Å². The summed E-state index contributed by atoms with van der Waals surface area (Å²) in [4.78, 5) is 28.4. The minimum Gasteiger partial charge on any atom is -0.324 e. The first-order valence-electron chi connectivity index (χ1n) is 7.86. The van der Waals surface area contributed by atoms with E-state index < -0.39 is 0 Å². The lowest BCUT2D eigenvalue weighted by Crippen LogP contribution is -2.42. The van der Waals surface area contributed by atoms with Gasteiger partial charge in [-0.1, -0.05) is 35.9 Å². The van der Waals surface area contributed by atoms with Gasteiger partial charge in [0.05, 0.1) is 0 Å². The predicted octanol–water partition coefficient (Wildman–Crippen LogP) is 3.22. The second-order valence-corrected chi connectivity index (χ2v) is 5.84. The first-order valence-corrected chi connectivity index (χ1v) is 7.86. The molecule has 118 valence electrons. The van der Waals surface area contributed by atoms with Gasteiger partial charge in [0.25, 0.3) is 5.91 Å². The average molecular weight is 308 g/mol. The van der Waals surface area contributed by atoms with Gasteiger partial charge in [0.15, 0.2) is 0 Å². The molecule has 1 aliphatic heterocycles. The molecule has 1 aliphatic rings. The van der Waals surface area contributed by atoms with E-state index in [0.29, 0.717) is 25.2 Å². The summed E-state index contributed by atoms with van der Waals surface area (Å²) in [6.07, 6.45) is 1.43. The van der Waals surface area contributed by atoms with Crippen LogP contribution in [0.5, 0.6) is 0 Å². The second kappa shape index (κ2) is 6.65. The molecule has 23 heavy (non-hydrogen) atoms. The summed E-state index contributed by atoms with van der Waals surface area (Å²) in [5.41, 5.74) is 2.49. The molecule has 0 N–H and O–H groups in total. The van der Waals surface area contributed by atoms with Crippen molar-refractivity contribution in [1.29, 1.82) is 0 Å². The highest BCUT2D eigenvalue weighted by molar-refractivity contribution is 6.06. The summed E-state index contributed by atoms with van der Waals surface area (Å²) in [5.74, 6) is 0.0302. The number of likely N-dealkylation sites (tertiary alicyclic amines) is 1. The largest absolute Gasteiger partial charge is 0.324 e. The molecule has 0 aromatic heterocycles. The van der Waals surface area contributed by atoms with E-state index in [1.165, 1.54) is 0 Å². The molecule has 0 radical (unpaired) electrons. The van der Waals surface area contributed by atoms with Gasteiger partial charge in [-0.25, -0.2) is 0 Å². The third-order valence-corrected chi connectivity index (χ3v) is 4.06. The van der Waals surface area contributed by atoms with E-state index in [1.807, 2.05) is 61.5 Å². The van der Waals surface area contributed by atoms with Crippen LogP contribution in [0.15, 0.2) is 54.6 Å². The molecule has 4 nitrogen and oxygen atoms in total. The van der Waals surface area contributed by atoms with Crippen molar-refractivity contribution in [3.8, 4) is 0 Å². The topological polar surface area (TPSA) is 40.6 Å². The molecule has 1 fully saturated rings. The summed E-state index contributed by atoms with van der Waals surface area (Å²) in [6.45, 7) is 2.98. The summed E-state index contributed by atoms with van der Waals surface area (Å²) in [6, 6.07) is 17.1. The summed E-state index contributed by atoms with van der Waals surface area (Å²) < 4.78 is 0. The Morgan fingerprint density at radius 2 is 1.91 bits per heavy atom. The highest BCUT2D eigenvalue weighted by Crippen LogP contribution is 2.20. The van der Waals surface area contributed by atoms with Gasteiger partial charge in [-0.15, -0.1) is 0 Å². The van der Waals surface area contributed by atoms with Crippen molar-refractivity contribution < 1.29 is 9.59 Å². The van der Waals surface area contributed by atoms with Gasteiger partial charge in [-0.05, 0) is 37.6 Å². The maximum absolute atomic E-state index is 13.0. The molecule has 2 aromatic carbocycles. The van der Waals surface area contributed by atoms with Gasteiger partial charge in [0.2, 0.25) is 5.91 Å². The number of rotatable bonds is 4. The molecular weight excluding hydrogens is 288 g/mol. The number of benzene rings is 2. The van der Waals surface area contributed by atoms with Crippen molar-refractivity contribution in [1.82, 2.24) is 4.90 Å². The van der Waals surface area contributed by atoms with Crippen molar-refractivity contribution in [2.75, 3.05) is 18.1 Å². The average Bonchev–Trinajstić information content (AvgIpc) is 2.98. The molecule has 0 saturated carbocycles. The lowest BCUT2D eigenvalue weighted by molar-refractivity contribution is -0.127. The number of carbonyl (C=O) groups is 2. The number of para-hydroxylation sites is 1. The Bertz CT molecular complexity index is 712. The first-order chi connectivity index (χ1) is 11.1. The Labute approximate surface area is 136 Å². The number of hydrogen-bond donors (Lipinski definition) is 0. The van der Waals surface area contributed by atoms with Gasteiger partial charge in [-0.2, -0.15) is 0 Å². The molecule has 3 rings (SSSR count). The van der Waals surface area contributed by atoms with Gasteiger partial charge in [0.1, 0.15) is 6.67 Å². The van der Waals surface area contributed by atoms with Crippen molar-refractivity contribution in [3.05, 3.63) is 65.7 Å². The molecule has 2 amide bonds. The second-order valence-electron chi connectivity index (χ2n) is 5.84. The SMILES string of the molecule is Cc1cccc(C(=O)N(CN2CCCC2=O)c2ccccc2)c1. The fraction of sp³-hybridized carbons (Fsp3) is 0.263. The molecule has 0 atom stereocenters. The minimum absolute atomic E-state index is 0.0837. The first kappa shape index (κ1) is 15.3. The van der Waals surface area contributed by atoms with E-state index in [9.17, 15) is 9.59 Å². The number of hydrogen-bond acceptors (Lipinski definition) is 2. The van der Waals surface area contributed by atoms with Gasteiger partial charge < -0.3 is 4.90 Å². The van der Waals surface area contributed by atoms with E-state index in [-0.39, 0.29) is 11.8 Å². The zero-order chi connectivity index (χ0) is 16.2. The van der Waals surface area contributed by atoms with Gasteiger partial charge in [-0.3, -0.25) is 14.5 Å². The Morgan fingerprint density at radius 1 is 1.13 bits per heavy atom. The fourth-order valence-corrected chi connectivity index (χ4v) is 2.83. The van der Waals surface area contributed by atoms with Crippen LogP contribution in [0, 0.1) is 6.92 Å². The van der Waals surface area contributed by atoms with Crippen LogP contribution in [0.25, 0.3) is 0 Å². The molecule has 1 heterocycles. The zero-order valence-corrected chi connectivity index (χ0v) is 13.2. The van der Waals surface area contributed by atoms with E-state index >= 15 is 0 Å². The number of carbonyl (C=O) groups excluding carboxylic acids is 2. The van der Waals surface area contributed by atoms with Crippen LogP contribution >= 0.6 is 0 Å². The van der Waals surface area contributed by atoms with E-state index in [0.717, 1.165) is 17.7 Å². The maximum Gasteiger partial charge on any atom is 0.259 e. The smallest absolute Gasteiger partial charge is 0.259 e. The van der Waals surface area contributed by atoms with Crippen molar-refractivity contribution >= 4 is 17.5 Å². The highest BCUT2D eigenvalue weighted by Gasteiger charge is 2.26. The Morgan fingerprint density at radius 3 is 2.57 bits per heavy atom. The summed E-state index contributed by atoms with van der Waals surface area (Å²) in [7, 11) is 0. The molecule has 0 unspecified atom stereocenters. The van der Waals surface area contributed by atoms with E-state index in [4.69, 9.17) is 0 Å². The third kappa shape index (κ3) is 3.42. The number of aryl methyl sites for hydroxylation is 1. The standard InChI is InChI=1S/C19H20N2O2/c1-15-7-5-8-16(13-15)19(23)21(17-9-3-2-4-10-17)14-20-12-6-11-18(20)22/h2-5,7-10,13H,6,11-12,14H2,1H3. The summed E-state index contributed by atoms with van der Waals surface area (Å²) >= 11 is 0. The van der Waals surface area contributed by atoms with Crippen LogP contribution < -0.4 is 4.90 Å². The monoisotopic (exact) mass is 308 g/mol. The number of anilines is 1. The quantitative estimate of drug-likeness (QED) is 0.870. The van der Waals surface area contributed by atoms with Crippen LogP contribution in [-0.4, -0.2) is 29.9 Å². The normalized spacial score (nSPS) is 14.1. The van der Waals surface area contributed by atoms with Crippen molar-refractivity contribution in [2.45, 2.75) is 19.8 Å². The Hall–Kier alpha value is -2.62. The molecular formula is C19H20N2O2. The molecule has 0 spiro atoms. The minimum atomic E-state index is -0.0837. The predicted molar refractivity (Wildman–Crippen MR) is 90.2 cm³/mol. The van der Waals surface area contributed by atoms with Gasteiger partial charge in [0, 0.05) is 24.2 Å². The maximum atomic E-state index is 13.0. The Balaban J connectivity index is 1.91. The highest BCUT2D eigenvalue weighted by atomic mass is 16.2. The van der Waals surface area contributed by atoms with E-state index in [1.54, 1.807) is 9.80 Å². The lowest BCUT2D eigenvalue weighted by Gasteiger charge is -2.28. The van der Waals surface area contributed by atoms with Crippen molar-refractivity contribution in [2.24, 2.45) is 0 Å². The number of amides is 2. The lowest BCUT2D eigenvalue weighted by atomic mass is 10.1. The van der Waals surface area contributed by atoms with Gasteiger partial charge >= 0.3 is 0 Å². The third-order valence-electron chi connectivity index (χ3n) is 4.06. The van der Waals surface area contributed by atoms with E-state index in [2.05, 4.69) is 0 Å². The molecule has 0 aliphatic carbocycles. The van der Waals surface area contributed by atoms with Crippen LogP contribution in [-0.2, 0) is 4.79 Å². The molecule has 4 heteroatoms. The fourth-order valence-electron chi connectivity index (χ4n) is 2.83. The number of nitrogens with zero attached hydrogens (tertiary/aromatic N) is 2. The van der Waals surface area contributed by atoms with Crippen LogP contribution in [0.1, 0.15) is 28.8 Å². The molecule has 2 aromatic rings. The molecule has 1 saturated heterocycles. The summed E-state index contributed by atoms with van der Waals surface area (Å²) in [5, 5.41) is 0. The molecule has 0 bridgehead atoms. The van der Waals surface area contributed by atoms with Crippen LogP contribution in [0.3, 0.4) is 0 Å². The Kier molecular flexibility index (Phi) is 4.42.